The van der Waals surface area contributed by atoms with Gasteiger partial charge in [-0.15, -0.1) is 0 Å². The number of nitrogens with zero attached hydrogens (tertiary/aromatic N) is 4. The molecule has 1 N–H and O–H groups in total. The van der Waals surface area contributed by atoms with Gasteiger partial charge in [-0.2, -0.15) is 4.68 Å². The summed E-state index contributed by atoms with van der Waals surface area (Å²) >= 11 is 5.91. The van der Waals surface area contributed by atoms with Crippen LogP contribution in [0.3, 0.4) is 0 Å². The lowest BCUT2D eigenvalue weighted by Gasteiger charge is -2.26. The van der Waals surface area contributed by atoms with Gasteiger partial charge in [-0.1, -0.05) is 16.7 Å². The van der Waals surface area contributed by atoms with Crippen LogP contribution in [0.25, 0.3) is 0 Å². The molecule has 0 amide bonds. The molecule has 1 atom stereocenters. The van der Waals surface area contributed by atoms with E-state index in [9.17, 15) is 9.59 Å². The van der Waals surface area contributed by atoms with Gasteiger partial charge in [0.1, 0.15) is 17.5 Å². The fourth-order valence-corrected chi connectivity index (χ4v) is 2.98. The Bertz CT molecular complexity index is 1040. The maximum atomic E-state index is 13.3. The van der Waals surface area contributed by atoms with E-state index in [0.717, 1.165) is 0 Å². The van der Waals surface area contributed by atoms with Crippen LogP contribution in [0.1, 0.15) is 22.2 Å². The first-order valence-electron chi connectivity index (χ1n) is 7.81. The molecule has 2 aromatic heterocycles. The normalized spacial score (nSPS) is 15.9. The molecule has 0 bridgehead atoms. The molecule has 136 valence electrons. The van der Waals surface area contributed by atoms with Gasteiger partial charge in [0.05, 0.1) is 18.9 Å². The second kappa shape index (κ2) is 6.69. The molecule has 3 heterocycles. The van der Waals surface area contributed by atoms with Gasteiger partial charge in [0.25, 0.3) is 0 Å². The van der Waals surface area contributed by atoms with Gasteiger partial charge in [-0.3, -0.25) is 4.79 Å². The third kappa shape index (κ3) is 2.87. The smallest absolute Gasteiger partial charge is 0.355 e. The number of ether oxygens (including phenoxy) is 1. The zero-order valence-electron chi connectivity index (χ0n) is 13.9. The fraction of sp³-hybridized carbons (Fsp3) is 0.118. The van der Waals surface area contributed by atoms with E-state index in [2.05, 4.69) is 20.8 Å². The zero-order valence-corrected chi connectivity index (χ0v) is 14.7. The maximum Gasteiger partial charge on any atom is 0.355 e. The number of methoxy groups -OCH3 is 1. The highest BCUT2D eigenvalue weighted by molar-refractivity contribution is 6.30. The highest BCUT2D eigenvalue weighted by atomic mass is 35.5. The van der Waals surface area contributed by atoms with E-state index >= 15 is 0 Å². The second-order valence-corrected chi connectivity index (χ2v) is 6.04. The number of ketones is 1. The van der Waals surface area contributed by atoms with E-state index in [0.29, 0.717) is 16.3 Å². The summed E-state index contributed by atoms with van der Waals surface area (Å²) < 4.78 is 11.7. The van der Waals surface area contributed by atoms with E-state index in [-0.39, 0.29) is 17.2 Å². The van der Waals surface area contributed by atoms with E-state index < -0.39 is 17.8 Å². The van der Waals surface area contributed by atoms with Crippen LogP contribution in [0, 0.1) is 0 Å². The lowest BCUT2D eigenvalue weighted by molar-refractivity contribution is -0.136. The molecule has 0 saturated heterocycles. The Kier molecular flexibility index (Phi) is 4.21. The minimum Gasteiger partial charge on any atom is -0.467 e. The Morgan fingerprint density at radius 1 is 1.26 bits per heavy atom. The van der Waals surface area contributed by atoms with Crippen LogP contribution in [0.4, 0.5) is 5.95 Å². The van der Waals surface area contributed by atoms with Crippen LogP contribution in [0.15, 0.2) is 58.3 Å². The number of carbonyl (C=O) groups excluding carboxylic acids is 2. The molecule has 1 aliphatic heterocycles. The molecule has 0 unspecified atom stereocenters. The number of hydrogen-bond acceptors (Lipinski definition) is 8. The van der Waals surface area contributed by atoms with Gasteiger partial charge >= 0.3 is 5.97 Å². The number of esters is 1. The number of Topliss-reactive ketones (excluding diaryl/α,β-unsaturated/α-hetero) is 1. The summed E-state index contributed by atoms with van der Waals surface area (Å²) in [7, 11) is 1.22. The SMILES string of the molecule is COC(=O)C1=C(C(=O)c2ccc(Cl)cc2)[C@H](c2ccco2)n2nnnc2N1. The Morgan fingerprint density at radius 3 is 2.70 bits per heavy atom. The van der Waals surface area contributed by atoms with E-state index in [1.54, 1.807) is 36.4 Å². The Labute approximate surface area is 157 Å². The third-order valence-corrected chi connectivity index (χ3v) is 4.32. The largest absolute Gasteiger partial charge is 0.467 e. The van der Waals surface area contributed by atoms with Crippen LogP contribution in [-0.4, -0.2) is 39.1 Å². The number of allylic oxidation sites excluding steroid dienone is 1. The van der Waals surface area contributed by atoms with Gasteiger partial charge in [-0.25, -0.2) is 4.79 Å². The van der Waals surface area contributed by atoms with Crippen molar-refractivity contribution in [3.05, 3.63) is 70.3 Å². The van der Waals surface area contributed by atoms with E-state index in [1.807, 2.05) is 0 Å². The number of anilines is 1. The summed E-state index contributed by atoms with van der Waals surface area (Å²) in [5.41, 5.74) is 0.380. The summed E-state index contributed by atoms with van der Waals surface area (Å²) in [4.78, 5) is 25.7. The summed E-state index contributed by atoms with van der Waals surface area (Å²) in [5.74, 6) is -0.562. The molecule has 10 heteroatoms. The van der Waals surface area contributed by atoms with Crippen molar-refractivity contribution in [2.24, 2.45) is 0 Å². The lowest BCUT2D eigenvalue weighted by Crippen LogP contribution is -2.32. The van der Waals surface area contributed by atoms with Crippen molar-refractivity contribution < 1.29 is 18.7 Å². The van der Waals surface area contributed by atoms with Crippen molar-refractivity contribution >= 4 is 29.3 Å². The molecular formula is C17H12ClN5O4. The minimum atomic E-state index is -0.844. The number of furan rings is 1. The van der Waals surface area contributed by atoms with Crippen molar-refractivity contribution in [2.45, 2.75) is 6.04 Å². The van der Waals surface area contributed by atoms with Gasteiger partial charge in [0, 0.05) is 10.6 Å². The molecule has 0 saturated carbocycles. The Morgan fingerprint density at radius 2 is 2.04 bits per heavy atom. The number of nitrogens with one attached hydrogen (secondary N) is 1. The van der Waals surface area contributed by atoms with E-state index in [4.69, 9.17) is 20.8 Å². The monoisotopic (exact) mass is 385 g/mol. The third-order valence-electron chi connectivity index (χ3n) is 4.07. The first-order chi connectivity index (χ1) is 13.1. The molecule has 1 aliphatic rings. The highest BCUT2D eigenvalue weighted by Gasteiger charge is 2.39. The lowest BCUT2D eigenvalue weighted by atomic mass is 9.92. The van der Waals surface area contributed by atoms with Crippen LogP contribution in [0.5, 0.6) is 0 Å². The first-order valence-corrected chi connectivity index (χ1v) is 8.19. The number of tetrazole rings is 1. The van der Waals surface area contributed by atoms with Crippen molar-refractivity contribution in [1.82, 2.24) is 20.2 Å². The predicted molar refractivity (Wildman–Crippen MR) is 93.1 cm³/mol. The summed E-state index contributed by atoms with van der Waals surface area (Å²) in [6.45, 7) is 0. The molecule has 27 heavy (non-hydrogen) atoms. The molecule has 3 aromatic rings. The molecule has 9 nitrogen and oxygen atoms in total. The van der Waals surface area contributed by atoms with E-state index in [1.165, 1.54) is 18.1 Å². The summed E-state index contributed by atoms with van der Waals surface area (Å²) in [5, 5.41) is 14.6. The average Bonchev–Trinajstić information content (AvgIpc) is 3.37. The van der Waals surface area contributed by atoms with Crippen molar-refractivity contribution in [3.8, 4) is 0 Å². The topological polar surface area (TPSA) is 112 Å². The number of hydrogen-bond donors (Lipinski definition) is 1. The molecule has 0 spiro atoms. The van der Waals surface area contributed by atoms with Crippen molar-refractivity contribution in [2.75, 3.05) is 12.4 Å². The zero-order chi connectivity index (χ0) is 19.0. The highest BCUT2D eigenvalue weighted by Crippen LogP contribution is 2.36. The Hall–Kier alpha value is -3.46. The number of benzene rings is 1. The average molecular weight is 386 g/mol. The van der Waals surface area contributed by atoms with Crippen LogP contribution < -0.4 is 5.32 Å². The quantitative estimate of drug-likeness (QED) is 0.537. The molecule has 0 aliphatic carbocycles. The fourth-order valence-electron chi connectivity index (χ4n) is 2.86. The van der Waals surface area contributed by atoms with Crippen LogP contribution >= 0.6 is 11.6 Å². The number of fused-ring (bicyclic) bond motifs is 1. The summed E-state index contributed by atoms with van der Waals surface area (Å²) in [6.07, 6.45) is 1.46. The van der Waals surface area contributed by atoms with Gasteiger partial charge in [-0.05, 0) is 46.8 Å². The number of rotatable bonds is 4. The summed E-state index contributed by atoms with van der Waals surface area (Å²) in [6, 6.07) is 8.82. The van der Waals surface area contributed by atoms with Gasteiger partial charge < -0.3 is 14.5 Å². The molecular weight excluding hydrogens is 374 g/mol. The van der Waals surface area contributed by atoms with Crippen LogP contribution in [-0.2, 0) is 9.53 Å². The van der Waals surface area contributed by atoms with Gasteiger partial charge in [0.15, 0.2) is 5.78 Å². The van der Waals surface area contributed by atoms with Crippen molar-refractivity contribution in [3.63, 3.8) is 0 Å². The maximum absolute atomic E-state index is 13.3. The molecule has 1 aromatic carbocycles. The number of carbonyl (C=O) groups is 2. The molecule has 0 fully saturated rings. The molecule has 0 radical (unpaired) electrons. The minimum absolute atomic E-state index is 0.0545. The molecule has 4 rings (SSSR count). The number of halogens is 1. The second-order valence-electron chi connectivity index (χ2n) is 5.61. The van der Waals surface area contributed by atoms with Crippen molar-refractivity contribution in [1.29, 1.82) is 0 Å². The first kappa shape index (κ1) is 17.0. The Balaban J connectivity index is 1.93. The predicted octanol–water partition coefficient (Wildman–Crippen LogP) is 2.24. The van der Waals surface area contributed by atoms with Crippen LogP contribution in [0.2, 0.25) is 5.02 Å². The standard InChI is InChI=1S/C17H12ClN5O4/c1-26-16(25)13-12(15(24)9-4-6-10(18)7-5-9)14(11-3-2-8-27-11)23-17(19-13)20-21-22-23/h2-8,14H,1H3,(H,19,20,22)/t14-/m0/s1. The van der Waals surface area contributed by atoms with Gasteiger partial charge in [0.2, 0.25) is 5.95 Å². The number of aromatic nitrogens is 4.